The topological polar surface area (TPSA) is 55.3 Å². The number of guanidine groups is 1. The standard InChI is InChI=1S/C24H33N3O3.HI/c1-25-24(26-17-20-10-11-21(28-2)23(30-4)22(20)29-3)27-14-12-19(13-15-27)16-18-8-6-5-7-9-18;/h5-11,19H,12-17H2,1-4H3,(H,25,26);1H. The summed E-state index contributed by atoms with van der Waals surface area (Å²) in [5.74, 6) is 3.60. The number of nitrogens with zero attached hydrogens (tertiary/aromatic N) is 2. The van der Waals surface area contributed by atoms with Crippen molar-refractivity contribution in [1.29, 1.82) is 0 Å². The molecule has 1 N–H and O–H groups in total. The molecule has 0 bridgehead atoms. The van der Waals surface area contributed by atoms with Gasteiger partial charge in [-0.1, -0.05) is 30.3 Å². The molecule has 7 heteroatoms. The summed E-state index contributed by atoms with van der Waals surface area (Å²) in [6, 6.07) is 14.7. The van der Waals surface area contributed by atoms with Crippen molar-refractivity contribution in [1.82, 2.24) is 10.2 Å². The van der Waals surface area contributed by atoms with E-state index in [9.17, 15) is 0 Å². The Kier molecular flexibility index (Phi) is 10.2. The number of hydrogen-bond acceptors (Lipinski definition) is 4. The highest BCUT2D eigenvalue weighted by Gasteiger charge is 2.22. The summed E-state index contributed by atoms with van der Waals surface area (Å²) in [5.41, 5.74) is 2.43. The molecular weight excluding hydrogens is 505 g/mol. The third kappa shape index (κ3) is 6.41. The summed E-state index contributed by atoms with van der Waals surface area (Å²) in [7, 11) is 6.73. The first-order valence-electron chi connectivity index (χ1n) is 10.5. The molecule has 6 nitrogen and oxygen atoms in total. The van der Waals surface area contributed by atoms with Gasteiger partial charge in [-0.2, -0.15) is 0 Å². The van der Waals surface area contributed by atoms with Crippen LogP contribution in [0.4, 0.5) is 0 Å². The normalized spacial score (nSPS) is 14.6. The molecule has 0 radical (unpaired) electrons. The van der Waals surface area contributed by atoms with E-state index in [-0.39, 0.29) is 24.0 Å². The third-order valence-electron chi connectivity index (χ3n) is 5.72. The highest BCUT2D eigenvalue weighted by Crippen LogP contribution is 2.39. The summed E-state index contributed by atoms with van der Waals surface area (Å²) < 4.78 is 16.5. The van der Waals surface area contributed by atoms with Crippen LogP contribution in [0.15, 0.2) is 47.5 Å². The number of ether oxygens (including phenoxy) is 3. The van der Waals surface area contributed by atoms with Crippen LogP contribution in [0.25, 0.3) is 0 Å². The predicted molar refractivity (Wildman–Crippen MR) is 136 cm³/mol. The molecule has 0 aromatic heterocycles. The van der Waals surface area contributed by atoms with E-state index in [2.05, 4.69) is 45.5 Å². The van der Waals surface area contributed by atoms with Crippen molar-refractivity contribution in [2.75, 3.05) is 41.5 Å². The number of piperidine rings is 1. The molecule has 0 spiro atoms. The van der Waals surface area contributed by atoms with Crippen molar-refractivity contribution in [2.24, 2.45) is 10.9 Å². The Morgan fingerprint density at radius 1 is 0.968 bits per heavy atom. The van der Waals surface area contributed by atoms with Gasteiger partial charge in [0.2, 0.25) is 5.75 Å². The maximum Gasteiger partial charge on any atom is 0.203 e. The number of methoxy groups -OCH3 is 3. The Balaban J connectivity index is 0.00000341. The van der Waals surface area contributed by atoms with Gasteiger partial charge in [-0.15, -0.1) is 24.0 Å². The van der Waals surface area contributed by atoms with Crippen molar-refractivity contribution < 1.29 is 14.2 Å². The third-order valence-corrected chi connectivity index (χ3v) is 5.72. The Hall–Kier alpha value is -2.16. The van der Waals surface area contributed by atoms with E-state index in [0.29, 0.717) is 23.8 Å². The molecule has 1 fully saturated rings. The van der Waals surface area contributed by atoms with E-state index >= 15 is 0 Å². The van der Waals surface area contributed by atoms with Gasteiger partial charge >= 0.3 is 0 Å². The van der Waals surface area contributed by atoms with E-state index in [1.807, 2.05) is 19.2 Å². The summed E-state index contributed by atoms with van der Waals surface area (Å²) in [5, 5.41) is 3.48. The minimum absolute atomic E-state index is 0. The molecule has 0 aliphatic carbocycles. The largest absolute Gasteiger partial charge is 0.493 e. The van der Waals surface area contributed by atoms with Gasteiger partial charge in [-0.3, -0.25) is 4.99 Å². The van der Waals surface area contributed by atoms with Crippen LogP contribution in [0.3, 0.4) is 0 Å². The Morgan fingerprint density at radius 3 is 2.23 bits per heavy atom. The SMILES string of the molecule is CN=C(NCc1ccc(OC)c(OC)c1OC)N1CCC(Cc2ccccc2)CC1.I. The number of halogens is 1. The smallest absolute Gasteiger partial charge is 0.203 e. The van der Waals surface area contributed by atoms with Crippen LogP contribution in [0, 0.1) is 5.92 Å². The van der Waals surface area contributed by atoms with Crippen molar-refractivity contribution >= 4 is 29.9 Å². The number of benzene rings is 2. The lowest BCUT2D eigenvalue weighted by atomic mass is 9.90. The first-order chi connectivity index (χ1) is 14.7. The number of aliphatic imine (C=N–C) groups is 1. The lowest BCUT2D eigenvalue weighted by Gasteiger charge is -2.34. The van der Waals surface area contributed by atoms with Gasteiger partial charge in [0, 0.05) is 32.2 Å². The van der Waals surface area contributed by atoms with Crippen LogP contribution in [0.2, 0.25) is 0 Å². The van der Waals surface area contributed by atoms with Gasteiger partial charge in [-0.05, 0) is 42.9 Å². The van der Waals surface area contributed by atoms with Gasteiger partial charge < -0.3 is 24.4 Å². The Morgan fingerprint density at radius 2 is 1.65 bits per heavy atom. The fourth-order valence-electron chi connectivity index (χ4n) is 4.11. The van der Waals surface area contributed by atoms with E-state index in [1.54, 1.807) is 21.3 Å². The average Bonchev–Trinajstić information content (AvgIpc) is 2.80. The molecule has 1 heterocycles. The molecule has 3 rings (SSSR count). The zero-order valence-corrected chi connectivity index (χ0v) is 21.2. The Bertz CT molecular complexity index is 837. The molecule has 1 aliphatic rings. The van der Waals surface area contributed by atoms with Crippen molar-refractivity contribution in [3.05, 3.63) is 53.6 Å². The average molecular weight is 539 g/mol. The number of rotatable bonds is 7. The van der Waals surface area contributed by atoms with Gasteiger partial charge in [0.05, 0.1) is 21.3 Å². The number of likely N-dealkylation sites (tertiary alicyclic amines) is 1. The minimum atomic E-state index is 0. The zero-order valence-electron chi connectivity index (χ0n) is 18.9. The van der Waals surface area contributed by atoms with Crippen LogP contribution in [-0.2, 0) is 13.0 Å². The summed E-state index contributed by atoms with van der Waals surface area (Å²) in [4.78, 5) is 6.84. The molecule has 1 aliphatic heterocycles. The molecule has 1 saturated heterocycles. The van der Waals surface area contributed by atoms with Crippen LogP contribution in [0.5, 0.6) is 17.2 Å². The van der Waals surface area contributed by atoms with E-state index in [0.717, 1.165) is 37.0 Å². The molecule has 0 atom stereocenters. The maximum absolute atomic E-state index is 5.59. The second kappa shape index (κ2) is 12.6. The number of nitrogens with one attached hydrogen (secondary N) is 1. The lowest BCUT2D eigenvalue weighted by Crippen LogP contribution is -2.45. The second-order valence-corrected chi connectivity index (χ2v) is 7.51. The first-order valence-corrected chi connectivity index (χ1v) is 10.5. The van der Waals surface area contributed by atoms with Gasteiger partial charge in [-0.25, -0.2) is 0 Å². The quantitative estimate of drug-likeness (QED) is 0.322. The monoisotopic (exact) mass is 539 g/mol. The van der Waals surface area contributed by atoms with Gasteiger partial charge in [0.15, 0.2) is 17.5 Å². The molecule has 2 aromatic rings. The number of hydrogen-bond donors (Lipinski definition) is 1. The van der Waals surface area contributed by atoms with Crippen molar-refractivity contribution in [3.8, 4) is 17.2 Å². The predicted octanol–water partition coefficient (Wildman–Crippen LogP) is 4.36. The van der Waals surface area contributed by atoms with E-state index < -0.39 is 0 Å². The minimum Gasteiger partial charge on any atom is -0.493 e. The molecule has 170 valence electrons. The van der Waals surface area contributed by atoms with Crippen LogP contribution < -0.4 is 19.5 Å². The van der Waals surface area contributed by atoms with Gasteiger partial charge in [0.25, 0.3) is 0 Å². The zero-order chi connectivity index (χ0) is 21.3. The summed E-state index contributed by atoms with van der Waals surface area (Å²) in [6.07, 6.45) is 3.51. The first kappa shape index (κ1) is 25.1. The molecule has 0 unspecified atom stereocenters. The van der Waals surface area contributed by atoms with Crippen molar-refractivity contribution in [2.45, 2.75) is 25.8 Å². The highest BCUT2D eigenvalue weighted by molar-refractivity contribution is 14.0. The Labute approximate surface area is 203 Å². The molecule has 0 saturated carbocycles. The van der Waals surface area contributed by atoms with Crippen molar-refractivity contribution in [3.63, 3.8) is 0 Å². The molecule has 0 amide bonds. The van der Waals surface area contributed by atoms with Crippen LogP contribution in [-0.4, -0.2) is 52.3 Å². The van der Waals surface area contributed by atoms with Crippen LogP contribution >= 0.6 is 24.0 Å². The highest BCUT2D eigenvalue weighted by atomic mass is 127. The fourth-order valence-corrected chi connectivity index (χ4v) is 4.11. The fraction of sp³-hybridized carbons (Fsp3) is 0.458. The van der Waals surface area contributed by atoms with E-state index in [4.69, 9.17) is 14.2 Å². The lowest BCUT2D eigenvalue weighted by molar-refractivity contribution is 0.259. The summed E-state index contributed by atoms with van der Waals surface area (Å²) in [6.45, 7) is 2.63. The summed E-state index contributed by atoms with van der Waals surface area (Å²) >= 11 is 0. The second-order valence-electron chi connectivity index (χ2n) is 7.51. The van der Waals surface area contributed by atoms with E-state index in [1.165, 1.54) is 18.4 Å². The maximum atomic E-state index is 5.59. The van der Waals surface area contributed by atoms with Gasteiger partial charge in [0.1, 0.15) is 0 Å². The molecular formula is C24H34IN3O3. The molecule has 2 aromatic carbocycles. The molecule has 31 heavy (non-hydrogen) atoms. The van der Waals surface area contributed by atoms with Crippen LogP contribution in [0.1, 0.15) is 24.0 Å².